The van der Waals surface area contributed by atoms with Gasteiger partial charge in [0, 0.05) is 18.8 Å². The van der Waals surface area contributed by atoms with Crippen molar-refractivity contribution in [3.63, 3.8) is 0 Å². The molecule has 2 amide bonds. The van der Waals surface area contributed by atoms with Crippen molar-refractivity contribution in [3.8, 4) is 0 Å². The number of hydrogen-bond acceptors (Lipinski definition) is 2. The van der Waals surface area contributed by atoms with Crippen molar-refractivity contribution in [2.45, 2.75) is 39.5 Å². The number of benzene rings is 1. The summed E-state index contributed by atoms with van der Waals surface area (Å²) >= 11 is 0. The SMILES string of the molecule is Cc1ccc(NC(=O)C2CC=CCC2C(=O)N2CCCC2)c(C)c1. The lowest BCUT2D eigenvalue weighted by Gasteiger charge is -2.30. The molecule has 1 aliphatic heterocycles. The number of nitrogens with zero attached hydrogens (tertiary/aromatic N) is 1. The summed E-state index contributed by atoms with van der Waals surface area (Å²) in [4.78, 5) is 27.5. The second-order valence-corrected chi connectivity index (χ2v) is 7.00. The van der Waals surface area contributed by atoms with Crippen LogP contribution in [0.2, 0.25) is 0 Å². The van der Waals surface area contributed by atoms with Crippen LogP contribution in [0.15, 0.2) is 30.4 Å². The topological polar surface area (TPSA) is 49.4 Å². The molecule has 0 aromatic heterocycles. The van der Waals surface area contributed by atoms with Crippen molar-refractivity contribution in [3.05, 3.63) is 41.5 Å². The van der Waals surface area contributed by atoms with E-state index in [0.717, 1.165) is 37.2 Å². The lowest BCUT2D eigenvalue weighted by molar-refractivity contribution is -0.139. The minimum Gasteiger partial charge on any atom is -0.342 e. The zero-order chi connectivity index (χ0) is 17.1. The summed E-state index contributed by atoms with van der Waals surface area (Å²) in [5.41, 5.74) is 3.07. The highest BCUT2D eigenvalue weighted by Crippen LogP contribution is 2.30. The molecule has 3 rings (SSSR count). The molecule has 1 N–H and O–H groups in total. The summed E-state index contributed by atoms with van der Waals surface area (Å²) in [5.74, 6) is -0.385. The van der Waals surface area contributed by atoms with Crippen LogP contribution >= 0.6 is 0 Å². The maximum absolute atomic E-state index is 12.8. The second-order valence-electron chi connectivity index (χ2n) is 7.00. The molecule has 24 heavy (non-hydrogen) atoms. The lowest BCUT2D eigenvalue weighted by Crippen LogP contribution is -2.42. The number of carbonyl (C=O) groups excluding carboxylic acids is 2. The number of rotatable bonds is 3. The van der Waals surface area contributed by atoms with Gasteiger partial charge in [0.25, 0.3) is 0 Å². The Bertz CT molecular complexity index is 660. The average Bonchev–Trinajstić information content (AvgIpc) is 3.11. The summed E-state index contributed by atoms with van der Waals surface area (Å²) in [7, 11) is 0. The molecule has 1 aliphatic carbocycles. The first-order valence-corrected chi connectivity index (χ1v) is 8.88. The van der Waals surface area contributed by atoms with Gasteiger partial charge in [-0.05, 0) is 51.2 Å². The third-order valence-corrected chi connectivity index (χ3v) is 5.14. The quantitative estimate of drug-likeness (QED) is 0.865. The van der Waals surface area contributed by atoms with Crippen molar-refractivity contribution in [2.24, 2.45) is 11.8 Å². The van der Waals surface area contributed by atoms with Gasteiger partial charge in [0.1, 0.15) is 0 Å². The van der Waals surface area contributed by atoms with Crippen LogP contribution in [0, 0.1) is 25.7 Å². The first-order chi connectivity index (χ1) is 11.6. The second kappa shape index (κ2) is 7.20. The van der Waals surface area contributed by atoms with Crippen LogP contribution in [0.3, 0.4) is 0 Å². The molecule has 2 aliphatic rings. The van der Waals surface area contributed by atoms with Gasteiger partial charge in [-0.25, -0.2) is 0 Å². The molecule has 1 aromatic rings. The standard InChI is InChI=1S/C20H26N2O2/c1-14-9-10-18(15(2)13-14)21-19(23)16-7-3-4-8-17(16)20(24)22-11-5-6-12-22/h3-4,9-10,13,16-17H,5-8,11-12H2,1-2H3,(H,21,23). The molecule has 0 radical (unpaired) electrons. The molecule has 2 unspecified atom stereocenters. The van der Waals surface area contributed by atoms with Crippen molar-refractivity contribution in [1.29, 1.82) is 0 Å². The number of amides is 2. The van der Waals surface area contributed by atoms with E-state index in [1.807, 2.05) is 43.0 Å². The third-order valence-electron chi connectivity index (χ3n) is 5.14. The Morgan fingerprint density at radius 1 is 1.04 bits per heavy atom. The fourth-order valence-corrected chi connectivity index (χ4v) is 3.73. The van der Waals surface area contributed by atoms with Crippen LogP contribution < -0.4 is 5.32 Å². The number of aryl methyl sites for hydroxylation is 2. The molecular formula is C20H26N2O2. The Labute approximate surface area is 143 Å². The maximum atomic E-state index is 12.8. The summed E-state index contributed by atoms with van der Waals surface area (Å²) < 4.78 is 0. The van der Waals surface area contributed by atoms with Gasteiger partial charge in [0.05, 0.1) is 11.8 Å². The van der Waals surface area contributed by atoms with Crippen LogP contribution in [0.4, 0.5) is 5.69 Å². The summed E-state index contributed by atoms with van der Waals surface area (Å²) in [6, 6.07) is 6.00. The predicted molar refractivity (Wildman–Crippen MR) is 95.7 cm³/mol. The molecule has 0 bridgehead atoms. The largest absolute Gasteiger partial charge is 0.342 e. The van der Waals surface area contributed by atoms with E-state index in [1.165, 1.54) is 5.56 Å². The summed E-state index contributed by atoms with van der Waals surface area (Å²) in [5, 5.41) is 3.04. The van der Waals surface area contributed by atoms with Crippen molar-refractivity contribution >= 4 is 17.5 Å². The monoisotopic (exact) mass is 326 g/mol. The summed E-state index contributed by atoms with van der Waals surface area (Å²) in [6.45, 7) is 5.71. The van der Waals surface area contributed by atoms with E-state index >= 15 is 0 Å². The summed E-state index contributed by atoms with van der Waals surface area (Å²) in [6.07, 6.45) is 7.53. The fraction of sp³-hybridized carbons (Fsp3) is 0.500. The van der Waals surface area contributed by atoms with Gasteiger partial charge >= 0.3 is 0 Å². The average molecular weight is 326 g/mol. The smallest absolute Gasteiger partial charge is 0.228 e. The zero-order valence-electron chi connectivity index (χ0n) is 14.5. The molecule has 0 spiro atoms. The Kier molecular flexibility index (Phi) is 5.03. The van der Waals surface area contributed by atoms with Gasteiger partial charge in [0.2, 0.25) is 11.8 Å². The van der Waals surface area contributed by atoms with Gasteiger partial charge in [-0.1, -0.05) is 29.8 Å². The van der Waals surface area contributed by atoms with Gasteiger partial charge < -0.3 is 10.2 Å². The van der Waals surface area contributed by atoms with E-state index < -0.39 is 0 Å². The van der Waals surface area contributed by atoms with Crippen LogP contribution in [0.25, 0.3) is 0 Å². The predicted octanol–water partition coefficient (Wildman–Crippen LogP) is 3.45. The molecular weight excluding hydrogens is 300 g/mol. The number of nitrogens with one attached hydrogen (secondary N) is 1. The Morgan fingerprint density at radius 3 is 2.38 bits per heavy atom. The highest BCUT2D eigenvalue weighted by Gasteiger charge is 2.37. The van der Waals surface area contributed by atoms with Crippen molar-refractivity contribution in [1.82, 2.24) is 4.90 Å². The zero-order valence-corrected chi connectivity index (χ0v) is 14.5. The molecule has 128 valence electrons. The van der Waals surface area contributed by atoms with E-state index in [1.54, 1.807) is 0 Å². The molecule has 4 heteroatoms. The molecule has 1 heterocycles. The van der Waals surface area contributed by atoms with E-state index in [2.05, 4.69) is 11.4 Å². The highest BCUT2D eigenvalue weighted by molar-refractivity contribution is 5.97. The molecule has 1 fully saturated rings. The van der Waals surface area contributed by atoms with E-state index in [0.29, 0.717) is 12.8 Å². The minimum atomic E-state index is -0.274. The van der Waals surface area contributed by atoms with Crippen LogP contribution in [-0.2, 0) is 9.59 Å². The van der Waals surface area contributed by atoms with Gasteiger partial charge in [-0.15, -0.1) is 0 Å². The van der Waals surface area contributed by atoms with Crippen LogP contribution in [0.1, 0.15) is 36.8 Å². The molecule has 0 saturated carbocycles. The van der Waals surface area contributed by atoms with E-state index in [9.17, 15) is 9.59 Å². The lowest BCUT2D eigenvalue weighted by atomic mass is 9.81. The van der Waals surface area contributed by atoms with E-state index in [-0.39, 0.29) is 23.7 Å². The van der Waals surface area contributed by atoms with E-state index in [4.69, 9.17) is 0 Å². The number of hydrogen-bond donors (Lipinski definition) is 1. The van der Waals surface area contributed by atoms with Crippen molar-refractivity contribution < 1.29 is 9.59 Å². The molecule has 2 atom stereocenters. The van der Waals surface area contributed by atoms with Crippen LogP contribution in [-0.4, -0.2) is 29.8 Å². The number of carbonyl (C=O) groups is 2. The normalized spacial score (nSPS) is 23.3. The van der Waals surface area contributed by atoms with Gasteiger partial charge in [-0.3, -0.25) is 9.59 Å². The molecule has 1 saturated heterocycles. The van der Waals surface area contributed by atoms with Gasteiger partial charge in [-0.2, -0.15) is 0 Å². The molecule has 4 nitrogen and oxygen atoms in total. The Balaban J connectivity index is 1.73. The molecule has 1 aromatic carbocycles. The minimum absolute atomic E-state index is 0.0381. The first-order valence-electron chi connectivity index (χ1n) is 8.88. The Hall–Kier alpha value is -2.10. The number of likely N-dealkylation sites (tertiary alicyclic amines) is 1. The maximum Gasteiger partial charge on any atom is 0.228 e. The van der Waals surface area contributed by atoms with Gasteiger partial charge in [0.15, 0.2) is 0 Å². The number of allylic oxidation sites excluding steroid dienone is 2. The first kappa shape index (κ1) is 16.7. The third kappa shape index (κ3) is 3.53. The highest BCUT2D eigenvalue weighted by atomic mass is 16.2. The number of anilines is 1. The van der Waals surface area contributed by atoms with Crippen molar-refractivity contribution in [2.75, 3.05) is 18.4 Å². The fourth-order valence-electron chi connectivity index (χ4n) is 3.73. The Morgan fingerprint density at radius 2 is 1.71 bits per heavy atom. The van der Waals surface area contributed by atoms with Crippen LogP contribution in [0.5, 0.6) is 0 Å².